The highest BCUT2D eigenvalue weighted by atomic mass is 19.4. The van der Waals surface area contributed by atoms with Gasteiger partial charge in [-0.25, -0.2) is 0 Å². The summed E-state index contributed by atoms with van der Waals surface area (Å²) in [5, 5.41) is 8.66. The number of hydrogen-bond acceptors (Lipinski definition) is 5. The number of rotatable bonds is 9. The van der Waals surface area contributed by atoms with E-state index in [1.807, 2.05) is 0 Å². The molecule has 1 saturated heterocycles. The molecule has 0 aliphatic carbocycles. The van der Waals surface area contributed by atoms with Gasteiger partial charge < -0.3 is 25.4 Å². The highest BCUT2D eigenvalue weighted by Gasteiger charge is 2.29. The zero-order valence-electron chi connectivity index (χ0n) is 17.1. The molecule has 1 heterocycles. The molecule has 7 nitrogen and oxygen atoms in total. The lowest BCUT2D eigenvalue weighted by Crippen LogP contribution is -2.43. The van der Waals surface area contributed by atoms with Gasteiger partial charge in [0.2, 0.25) is 0 Å². The molecule has 0 bridgehead atoms. The van der Waals surface area contributed by atoms with Gasteiger partial charge in [0.1, 0.15) is 11.5 Å². The fraction of sp³-hybridized carbons (Fsp3) is 0.600. The van der Waals surface area contributed by atoms with Gasteiger partial charge in [0.25, 0.3) is 11.8 Å². The number of amides is 2. The van der Waals surface area contributed by atoms with Gasteiger partial charge in [-0.3, -0.25) is 9.59 Å². The molecule has 0 spiro atoms. The van der Waals surface area contributed by atoms with Crippen molar-refractivity contribution < 1.29 is 32.2 Å². The maximum absolute atomic E-state index is 12.6. The van der Waals surface area contributed by atoms with Crippen molar-refractivity contribution in [2.24, 2.45) is 0 Å². The molecule has 30 heavy (non-hydrogen) atoms. The summed E-state index contributed by atoms with van der Waals surface area (Å²) in [6.07, 6.45) is -1.51. The molecule has 1 fully saturated rings. The standard InChI is InChI=1S/C20H28F3N3O4/c1-13(2)26-18(27)11-29-15-6-7-17(30-12-20(21,22)23)16(9-15)19(28)25-10-14-5-3-4-8-24-14/h6-7,9,13-14,24H,3-5,8,10-12H2,1-2H3,(H,25,28)(H,26,27). The largest absolute Gasteiger partial charge is 0.484 e. The lowest BCUT2D eigenvalue weighted by Gasteiger charge is -2.24. The van der Waals surface area contributed by atoms with Crippen LogP contribution in [-0.2, 0) is 4.79 Å². The summed E-state index contributed by atoms with van der Waals surface area (Å²) in [4.78, 5) is 24.4. The molecular weight excluding hydrogens is 403 g/mol. The predicted molar refractivity (Wildman–Crippen MR) is 105 cm³/mol. The molecule has 2 rings (SSSR count). The van der Waals surface area contributed by atoms with Crippen molar-refractivity contribution in [3.8, 4) is 11.5 Å². The second-order valence-corrected chi connectivity index (χ2v) is 7.43. The molecule has 1 aromatic carbocycles. The number of halogens is 3. The zero-order chi connectivity index (χ0) is 22.1. The number of carbonyl (C=O) groups is 2. The Bertz CT molecular complexity index is 720. The number of nitrogens with one attached hydrogen (secondary N) is 3. The van der Waals surface area contributed by atoms with Crippen LogP contribution in [0.1, 0.15) is 43.5 Å². The van der Waals surface area contributed by atoms with E-state index in [-0.39, 0.29) is 41.7 Å². The van der Waals surface area contributed by atoms with Crippen LogP contribution >= 0.6 is 0 Å². The highest BCUT2D eigenvalue weighted by Crippen LogP contribution is 2.26. The molecule has 1 aliphatic rings. The summed E-state index contributed by atoms with van der Waals surface area (Å²) in [5.41, 5.74) is -0.0863. The summed E-state index contributed by atoms with van der Waals surface area (Å²) < 4.78 is 47.8. The number of ether oxygens (including phenoxy) is 2. The Morgan fingerprint density at radius 1 is 1.23 bits per heavy atom. The van der Waals surface area contributed by atoms with E-state index in [0.29, 0.717) is 6.54 Å². The van der Waals surface area contributed by atoms with E-state index in [1.165, 1.54) is 18.2 Å². The number of carbonyl (C=O) groups excluding carboxylic acids is 2. The molecular formula is C20H28F3N3O4. The van der Waals surface area contributed by atoms with Crippen molar-refractivity contribution in [2.75, 3.05) is 26.3 Å². The Morgan fingerprint density at radius 2 is 2.00 bits per heavy atom. The third-order valence-electron chi connectivity index (χ3n) is 4.33. The van der Waals surface area contributed by atoms with Gasteiger partial charge in [-0.1, -0.05) is 6.42 Å². The second kappa shape index (κ2) is 11.1. The Balaban J connectivity index is 2.08. The normalized spacial score (nSPS) is 16.8. The molecule has 0 radical (unpaired) electrons. The molecule has 0 aromatic heterocycles. The van der Waals surface area contributed by atoms with Crippen LogP contribution in [-0.4, -0.2) is 56.4 Å². The minimum atomic E-state index is -4.54. The van der Waals surface area contributed by atoms with Gasteiger partial charge in [-0.2, -0.15) is 13.2 Å². The fourth-order valence-corrected chi connectivity index (χ4v) is 2.98. The average molecular weight is 431 g/mol. The molecule has 10 heteroatoms. The van der Waals surface area contributed by atoms with E-state index in [4.69, 9.17) is 9.47 Å². The van der Waals surface area contributed by atoms with Crippen molar-refractivity contribution in [3.05, 3.63) is 23.8 Å². The average Bonchev–Trinajstić information content (AvgIpc) is 2.69. The van der Waals surface area contributed by atoms with Crippen LogP contribution in [0.4, 0.5) is 13.2 Å². The quantitative estimate of drug-likeness (QED) is 0.559. The minimum Gasteiger partial charge on any atom is -0.484 e. The molecule has 1 unspecified atom stereocenters. The van der Waals surface area contributed by atoms with Crippen LogP contribution in [0.5, 0.6) is 11.5 Å². The Kier molecular flexibility index (Phi) is 8.76. The number of alkyl halides is 3. The van der Waals surface area contributed by atoms with Gasteiger partial charge in [0, 0.05) is 18.6 Å². The Hall–Kier alpha value is -2.49. The summed E-state index contributed by atoms with van der Waals surface area (Å²) in [6.45, 7) is 3.01. The lowest BCUT2D eigenvalue weighted by atomic mass is 10.0. The van der Waals surface area contributed by atoms with Crippen LogP contribution in [0.3, 0.4) is 0 Å². The molecule has 1 aromatic rings. The summed E-state index contributed by atoms with van der Waals surface area (Å²) in [7, 11) is 0. The van der Waals surface area contributed by atoms with Gasteiger partial charge in [0.15, 0.2) is 13.2 Å². The maximum atomic E-state index is 12.6. The fourth-order valence-electron chi connectivity index (χ4n) is 2.98. The first-order valence-electron chi connectivity index (χ1n) is 9.91. The first-order chi connectivity index (χ1) is 14.1. The zero-order valence-corrected chi connectivity index (χ0v) is 17.1. The van der Waals surface area contributed by atoms with Crippen molar-refractivity contribution >= 4 is 11.8 Å². The van der Waals surface area contributed by atoms with E-state index >= 15 is 0 Å². The minimum absolute atomic E-state index is 0.0611. The van der Waals surface area contributed by atoms with Crippen LogP contribution in [0.15, 0.2) is 18.2 Å². The molecule has 0 saturated carbocycles. The van der Waals surface area contributed by atoms with Crippen LogP contribution in [0, 0.1) is 0 Å². The van der Waals surface area contributed by atoms with E-state index in [1.54, 1.807) is 13.8 Å². The number of benzene rings is 1. The van der Waals surface area contributed by atoms with E-state index in [2.05, 4.69) is 16.0 Å². The molecule has 3 N–H and O–H groups in total. The second-order valence-electron chi connectivity index (χ2n) is 7.43. The van der Waals surface area contributed by atoms with E-state index < -0.39 is 18.7 Å². The predicted octanol–water partition coefficient (Wildman–Crippen LogP) is 2.40. The van der Waals surface area contributed by atoms with Gasteiger partial charge in [-0.05, 0) is 51.4 Å². The third kappa shape index (κ3) is 8.48. The molecule has 1 atom stereocenters. The van der Waals surface area contributed by atoms with Crippen molar-refractivity contribution in [1.29, 1.82) is 0 Å². The van der Waals surface area contributed by atoms with Crippen LogP contribution in [0.2, 0.25) is 0 Å². The van der Waals surface area contributed by atoms with Gasteiger partial charge >= 0.3 is 6.18 Å². The monoisotopic (exact) mass is 431 g/mol. The molecule has 1 aliphatic heterocycles. The molecule has 168 valence electrons. The SMILES string of the molecule is CC(C)NC(=O)COc1ccc(OCC(F)(F)F)c(C(=O)NCC2CCCCN2)c1. The van der Waals surface area contributed by atoms with Crippen molar-refractivity contribution in [3.63, 3.8) is 0 Å². The lowest BCUT2D eigenvalue weighted by molar-refractivity contribution is -0.153. The highest BCUT2D eigenvalue weighted by molar-refractivity contribution is 5.97. The summed E-state index contributed by atoms with van der Waals surface area (Å²) in [5.74, 6) is -0.956. The topological polar surface area (TPSA) is 88.7 Å². The molecule has 2 amide bonds. The third-order valence-corrected chi connectivity index (χ3v) is 4.33. The Morgan fingerprint density at radius 3 is 2.63 bits per heavy atom. The van der Waals surface area contributed by atoms with E-state index in [0.717, 1.165) is 25.8 Å². The first kappa shape index (κ1) is 23.8. The number of hydrogen-bond donors (Lipinski definition) is 3. The van der Waals surface area contributed by atoms with Crippen molar-refractivity contribution in [2.45, 2.75) is 51.4 Å². The van der Waals surface area contributed by atoms with E-state index in [9.17, 15) is 22.8 Å². The van der Waals surface area contributed by atoms with Gasteiger partial charge in [0.05, 0.1) is 5.56 Å². The first-order valence-corrected chi connectivity index (χ1v) is 9.91. The summed E-state index contributed by atoms with van der Waals surface area (Å²) >= 11 is 0. The van der Waals surface area contributed by atoms with Crippen LogP contribution in [0.25, 0.3) is 0 Å². The van der Waals surface area contributed by atoms with Crippen LogP contribution < -0.4 is 25.4 Å². The maximum Gasteiger partial charge on any atom is 0.422 e. The van der Waals surface area contributed by atoms with Crippen molar-refractivity contribution in [1.82, 2.24) is 16.0 Å². The number of piperidine rings is 1. The van der Waals surface area contributed by atoms with Gasteiger partial charge in [-0.15, -0.1) is 0 Å². The summed E-state index contributed by atoms with van der Waals surface area (Å²) in [6, 6.07) is 3.91. The Labute approximate surface area is 173 Å². The smallest absolute Gasteiger partial charge is 0.422 e.